The molecule has 1 saturated heterocycles. The molecule has 1 aliphatic rings. The maximum absolute atomic E-state index is 13.2. The molecule has 1 heterocycles. The predicted octanol–water partition coefficient (Wildman–Crippen LogP) is 0.336. The Labute approximate surface area is 97.4 Å². The van der Waals surface area contributed by atoms with Crippen LogP contribution in [0.4, 0.5) is 9.18 Å². The third-order valence-electron chi connectivity index (χ3n) is 2.61. The lowest BCUT2D eigenvalue weighted by molar-refractivity contribution is -0.125. The number of halogens is 1. The summed E-state index contributed by atoms with van der Waals surface area (Å²) >= 11 is 0. The highest BCUT2D eigenvalue weighted by molar-refractivity contribution is 6.01. The number of nitrogens with zero attached hydrogens (tertiary/aromatic N) is 1. The maximum atomic E-state index is 13.2. The monoisotopic (exact) mass is 237 g/mol. The Morgan fingerprint density at radius 2 is 2.18 bits per heavy atom. The van der Waals surface area contributed by atoms with Gasteiger partial charge >= 0.3 is 6.03 Å². The van der Waals surface area contributed by atoms with Crippen molar-refractivity contribution >= 4 is 11.9 Å². The van der Waals surface area contributed by atoms with E-state index in [9.17, 15) is 14.0 Å². The number of carbonyl (C=O) groups is 2. The van der Waals surface area contributed by atoms with Gasteiger partial charge in [-0.05, 0) is 17.7 Å². The van der Waals surface area contributed by atoms with Crippen molar-refractivity contribution in [2.45, 2.75) is 13.1 Å². The van der Waals surface area contributed by atoms with Gasteiger partial charge in [-0.1, -0.05) is 6.07 Å². The quantitative estimate of drug-likeness (QED) is 0.744. The minimum absolute atomic E-state index is 0.0176. The molecule has 0 bridgehead atoms. The summed E-state index contributed by atoms with van der Waals surface area (Å²) < 4.78 is 13.2. The molecule has 2 rings (SSSR count). The molecule has 6 heteroatoms. The van der Waals surface area contributed by atoms with Crippen LogP contribution < -0.4 is 11.1 Å². The molecule has 0 atom stereocenters. The number of amides is 3. The third-order valence-corrected chi connectivity index (χ3v) is 2.61. The average molecular weight is 237 g/mol. The zero-order valence-corrected chi connectivity index (χ0v) is 9.07. The summed E-state index contributed by atoms with van der Waals surface area (Å²) in [7, 11) is 0. The lowest BCUT2D eigenvalue weighted by atomic mass is 10.1. The average Bonchev–Trinajstić information content (AvgIpc) is 2.63. The van der Waals surface area contributed by atoms with Crippen LogP contribution >= 0.6 is 0 Å². The molecule has 1 fully saturated rings. The number of hydrogen-bond acceptors (Lipinski definition) is 3. The molecular formula is C11H12FN3O2. The molecular weight excluding hydrogens is 225 g/mol. The van der Waals surface area contributed by atoms with Gasteiger partial charge in [0.2, 0.25) is 5.91 Å². The Morgan fingerprint density at radius 3 is 2.76 bits per heavy atom. The number of benzene rings is 1. The number of nitrogens with two attached hydrogens (primary N) is 1. The molecule has 0 aromatic heterocycles. The summed E-state index contributed by atoms with van der Waals surface area (Å²) in [6.45, 7) is 0.238. The minimum Gasteiger partial charge on any atom is -0.329 e. The van der Waals surface area contributed by atoms with E-state index in [2.05, 4.69) is 5.32 Å². The Balaban J connectivity index is 2.18. The zero-order chi connectivity index (χ0) is 12.4. The third kappa shape index (κ3) is 2.26. The first-order chi connectivity index (χ1) is 8.11. The predicted molar refractivity (Wildman–Crippen MR) is 58.2 cm³/mol. The molecule has 5 nitrogen and oxygen atoms in total. The number of nitrogens with one attached hydrogen (secondary N) is 1. The van der Waals surface area contributed by atoms with Gasteiger partial charge in [0, 0.05) is 12.1 Å². The van der Waals surface area contributed by atoms with E-state index in [1.165, 1.54) is 12.1 Å². The van der Waals surface area contributed by atoms with Crippen LogP contribution in [-0.4, -0.2) is 23.4 Å². The first kappa shape index (κ1) is 11.5. The van der Waals surface area contributed by atoms with E-state index in [0.717, 1.165) is 4.90 Å². The van der Waals surface area contributed by atoms with E-state index >= 15 is 0 Å². The molecule has 1 aromatic carbocycles. The van der Waals surface area contributed by atoms with Crippen LogP contribution in [0.3, 0.4) is 0 Å². The topological polar surface area (TPSA) is 75.4 Å². The molecule has 3 amide bonds. The van der Waals surface area contributed by atoms with Crippen LogP contribution in [0.2, 0.25) is 0 Å². The standard InChI is InChI=1S/C11H12FN3O2/c12-9-2-1-7(3-8(9)4-13)6-15-10(16)5-14-11(15)17/h1-3H,4-6,13H2,(H,14,17). The largest absolute Gasteiger partial charge is 0.329 e. The highest BCUT2D eigenvalue weighted by Crippen LogP contribution is 2.13. The number of rotatable bonds is 3. The van der Waals surface area contributed by atoms with E-state index < -0.39 is 6.03 Å². The van der Waals surface area contributed by atoms with Crippen LogP contribution in [0.5, 0.6) is 0 Å². The molecule has 1 aliphatic heterocycles. The molecule has 0 saturated carbocycles. The lowest BCUT2D eigenvalue weighted by Crippen LogP contribution is -2.30. The van der Waals surface area contributed by atoms with Gasteiger partial charge in [-0.25, -0.2) is 9.18 Å². The second-order valence-corrected chi connectivity index (χ2v) is 3.77. The molecule has 0 radical (unpaired) electrons. The number of carbonyl (C=O) groups excluding carboxylic acids is 2. The Kier molecular flexibility index (Phi) is 3.06. The van der Waals surface area contributed by atoms with Gasteiger partial charge in [-0.2, -0.15) is 0 Å². The van der Waals surface area contributed by atoms with Crippen molar-refractivity contribution in [2.24, 2.45) is 5.73 Å². The van der Waals surface area contributed by atoms with Crippen molar-refractivity contribution in [2.75, 3.05) is 6.54 Å². The Hall–Kier alpha value is -1.95. The highest BCUT2D eigenvalue weighted by Gasteiger charge is 2.28. The fraction of sp³-hybridized carbons (Fsp3) is 0.273. The van der Waals surface area contributed by atoms with Crippen LogP contribution in [0.15, 0.2) is 18.2 Å². The molecule has 0 unspecified atom stereocenters. The van der Waals surface area contributed by atoms with Gasteiger partial charge in [-0.15, -0.1) is 0 Å². The molecule has 1 aromatic rings. The molecule has 3 N–H and O–H groups in total. The van der Waals surface area contributed by atoms with Crippen LogP contribution in [-0.2, 0) is 17.9 Å². The summed E-state index contributed by atoms with van der Waals surface area (Å²) in [5.74, 6) is -0.665. The normalized spacial score (nSPS) is 15.3. The molecule has 90 valence electrons. The summed E-state index contributed by atoms with van der Waals surface area (Å²) in [6.07, 6.45) is 0. The van der Waals surface area contributed by atoms with E-state index in [1.54, 1.807) is 6.07 Å². The van der Waals surface area contributed by atoms with Gasteiger partial charge in [0.15, 0.2) is 0 Å². The van der Waals surface area contributed by atoms with Crippen molar-refractivity contribution in [3.63, 3.8) is 0 Å². The zero-order valence-electron chi connectivity index (χ0n) is 9.07. The second-order valence-electron chi connectivity index (χ2n) is 3.77. The molecule has 0 spiro atoms. The van der Waals surface area contributed by atoms with Crippen LogP contribution in [0.1, 0.15) is 11.1 Å². The maximum Gasteiger partial charge on any atom is 0.324 e. The van der Waals surface area contributed by atoms with Crippen LogP contribution in [0.25, 0.3) is 0 Å². The SMILES string of the molecule is NCc1cc(CN2C(=O)CNC2=O)ccc1F. The molecule has 0 aliphatic carbocycles. The fourth-order valence-corrected chi connectivity index (χ4v) is 1.68. The summed E-state index contributed by atoms with van der Waals surface area (Å²) in [6, 6.07) is 3.96. The van der Waals surface area contributed by atoms with Crippen molar-refractivity contribution in [1.82, 2.24) is 10.2 Å². The smallest absolute Gasteiger partial charge is 0.324 e. The van der Waals surface area contributed by atoms with Gasteiger partial charge in [0.1, 0.15) is 5.82 Å². The first-order valence-electron chi connectivity index (χ1n) is 5.17. The number of hydrogen-bond donors (Lipinski definition) is 2. The van der Waals surface area contributed by atoms with E-state index in [0.29, 0.717) is 11.1 Å². The fourth-order valence-electron chi connectivity index (χ4n) is 1.68. The van der Waals surface area contributed by atoms with Gasteiger partial charge < -0.3 is 11.1 Å². The first-order valence-corrected chi connectivity index (χ1v) is 5.17. The number of imide groups is 1. The van der Waals surface area contributed by atoms with Crippen LogP contribution in [0, 0.1) is 5.82 Å². The van der Waals surface area contributed by atoms with Crippen molar-refractivity contribution in [1.29, 1.82) is 0 Å². The Bertz CT molecular complexity index is 460. The van der Waals surface area contributed by atoms with E-state index in [-0.39, 0.29) is 31.4 Å². The van der Waals surface area contributed by atoms with Crippen molar-refractivity contribution in [3.05, 3.63) is 35.1 Å². The number of urea groups is 1. The van der Waals surface area contributed by atoms with E-state index in [4.69, 9.17) is 5.73 Å². The van der Waals surface area contributed by atoms with Gasteiger partial charge in [0.25, 0.3) is 0 Å². The van der Waals surface area contributed by atoms with Crippen molar-refractivity contribution in [3.8, 4) is 0 Å². The van der Waals surface area contributed by atoms with Gasteiger partial charge in [0.05, 0.1) is 13.1 Å². The highest BCUT2D eigenvalue weighted by atomic mass is 19.1. The second kappa shape index (κ2) is 4.50. The summed E-state index contributed by atoms with van der Waals surface area (Å²) in [4.78, 5) is 23.8. The summed E-state index contributed by atoms with van der Waals surface area (Å²) in [5.41, 5.74) is 6.43. The lowest BCUT2D eigenvalue weighted by Gasteiger charge is -2.13. The molecule has 17 heavy (non-hydrogen) atoms. The summed E-state index contributed by atoms with van der Waals surface area (Å²) in [5, 5.41) is 2.42. The minimum atomic E-state index is -0.423. The Morgan fingerprint density at radius 1 is 1.41 bits per heavy atom. The van der Waals surface area contributed by atoms with Crippen molar-refractivity contribution < 1.29 is 14.0 Å². The van der Waals surface area contributed by atoms with Gasteiger partial charge in [-0.3, -0.25) is 9.69 Å². The van der Waals surface area contributed by atoms with E-state index in [1.807, 2.05) is 0 Å².